The van der Waals surface area contributed by atoms with Crippen LogP contribution >= 0.6 is 0 Å². The Morgan fingerprint density at radius 1 is 1.10 bits per heavy atom. The lowest BCUT2D eigenvalue weighted by Gasteiger charge is -2.10. The summed E-state index contributed by atoms with van der Waals surface area (Å²) in [4.78, 5) is 11.0. The van der Waals surface area contributed by atoms with E-state index in [1.165, 1.54) is 31.2 Å². The maximum atomic E-state index is 13.5. The van der Waals surface area contributed by atoms with Crippen LogP contribution in [-0.2, 0) is 11.3 Å². The van der Waals surface area contributed by atoms with Crippen LogP contribution in [0.15, 0.2) is 42.5 Å². The minimum absolute atomic E-state index is 0.0935. The van der Waals surface area contributed by atoms with Gasteiger partial charge in [-0.05, 0) is 24.3 Å². The number of carbonyl (C=O) groups excluding carboxylic acids is 1. The monoisotopic (exact) mass is 276 g/mol. The van der Waals surface area contributed by atoms with Gasteiger partial charge in [0.2, 0.25) is 5.91 Å². The highest BCUT2D eigenvalue weighted by Gasteiger charge is 2.06. The molecule has 104 valence electrons. The fourth-order valence-corrected chi connectivity index (χ4v) is 1.76. The summed E-state index contributed by atoms with van der Waals surface area (Å²) >= 11 is 0. The molecule has 0 aliphatic rings. The highest BCUT2D eigenvalue weighted by Crippen LogP contribution is 2.20. The first kappa shape index (κ1) is 14.0. The molecule has 0 fully saturated rings. The van der Waals surface area contributed by atoms with Gasteiger partial charge in [-0.25, -0.2) is 8.78 Å². The second kappa shape index (κ2) is 6.14. The van der Waals surface area contributed by atoms with Crippen LogP contribution in [0.3, 0.4) is 0 Å². The van der Waals surface area contributed by atoms with Gasteiger partial charge in [-0.15, -0.1) is 0 Å². The van der Waals surface area contributed by atoms with Gasteiger partial charge in [0.25, 0.3) is 0 Å². The SMILES string of the molecule is CC(=O)Nc1cc(NCc2ccccc2F)ccc1F. The van der Waals surface area contributed by atoms with Gasteiger partial charge in [-0.3, -0.25) is 4.79 Å². The van der Waals surface area contributed by atoms with E-state index < -0.39 is 5.82 Å². The van der Waals surface area contributed by atoms with Gasteiger partial charge in [0.1, 0.15) is 11.6 Å². The van der Waals surface area contributed by atoms with Crippen molar-refractivity contribution in [2.45, 2.75) is 13.5 Å². The number of hydrogen-bond acceptors (Lipinski definition) is 2. The lowest BCUT2D eigenvalue weighted by atomic mass is 10.2. The number of nitrogens with one attached hydrogen (secondary N) is 2. The molecule has 0 atom stereocenters. The average molecular weight is 276 g/mol. The molecule has 0 heterocycles. The van der Waals surface area contributed by atoms with E-state index in [-0.39, 0.29) is 24.0 Å². The molecule has 0 radical (unpaired) electrons. The Kier molecular flexibility index (Phi) is 4.30. The van der Waals surface area contributed by atoms with Crippen LogP contribution in [0.1, 0.15) is 12.5 Å². The van der Waals surface area contributed by atoms with Gasteiger partial charge in [0.15, 0.2) is 0 Å². The molecule has 5 heteroatoms. The molecule has 2 N–H and O–H groups in total. The third-order valence-corrected chi connectivity index (χ3v) is 2.72. The third kappa shape index (κ3) is 3.54. The maximum absolute atomic E-state index is 13.5. The molecule has 20 heavy (non-hydrogen) atoms. The van der Waals surface area contributed by atoms with Crippen molar-refractivity contribution < 1.29 is 13.6 Å². The van der Waals surface area contributed by atoms with Crippen LogP contribution in [0.25, 0.3) is 0 Å². The van der Waals surface area contributed by atoms with Crippen molar-refractivity contribution >= 4 is 17.3 Å². The molecule has 2 rings (SSSR count). The summed E-state index contributed by atoms with van der Waals surface area (Å²) in [6.45, 7) is 1.58. The number of carbonyl (C=O) groups is 1. The van der Waals surface area contributed by atoms with E-state index in [9.17, 15) is 13.6 Å². The molecular weight excluding hydrogens is 262 g/mol. The van der Waals surface area contributed by atoms with E-state index in [0.717, 1.165) is 0 Å². The van der Waals surface area contributed by atoms with Crippen LogP contribution in [0.5, 0.6) is 0 Å². The normalized spacial score (nSPS) is 10.2. The van der Waals surface area contributed by atoms with E-state index in [1.54, 1.807) is 18.2 Å². The van der Waals surface area contributed by atoms with E-state index in [1.807, 2.05) is 0 Å². The fraction of sp³-hybridized carbons (Fsp3) is 0.133. The predicted molar refractivity (Wildman–Crippen MR) is 74.4 cm³/mol. The molecule has 0 spiro atoms. The largest absolute Gasteiger partial charge is 0.381 e. The first-order valence-electron chi connectivity index (χ1n) is 6.10. The second-order valence-corrected chi connectivity index (χ2v) is 4.32. The number of rotatable bonds is 4. The summed E-state index contributed by atoms with van der Waals surface area (Å²) < 4.78 is 26.9. The zero-order valence-electron chi connectivity index (χ0n) is 10.9. The van der Waals surface area contributed by atoms with Crippen molar-refractivity contribution in [1.82, 2.24) is 0 Å². The minimum Gasteiger partial charge on any atom is -0.381 e. The molecule has 0 saturated heterocycles. The lowest BCUT2D eigenvalue weighted by Crippen LogP contribution is -2.08. The molecule has 3 nitrogen and oxygen atoms in total. The molecule has 0 aliphatic heterocycles. The molecule has 2 aromatic carbocycles. The smallest absolute Gasteiger partial charge is 0.221 e. The summed E-state index contributed by atoms with van der Waals surface area (Å²) in [6.07, 6.45) is 0. The van der Waals surface area contributed by atoms with Gasteiger partial charge < -0.3 is 10.6 Å². The summed E-state index contributed by atoms with van der Waals surface area (Å²) in [5.41, 5.74) is 1.20. The van der Waals surface area contributed by atoms with Gasteiger partial charge >= 0.3 is 0 Å². The molecule has 0 saturated carbocycles. The Labute approximate surface area is 115 Å². The van der Waals surface area contributed by atoms with Gasteiger partial charge in [-0.2, -0.15) is 0 Å². The lowest BCUT2D eigenvalue weighted by molar-refractivity contribution is -0.114. The second-order valence-electron chi connectivity index (χ2n) is 4.32. The number of amides is 1. The number of halogens is 2. The highest BCUT2D eigenvalue weighted by atomic mass is 19.1. The van der Waals surface area contributed by atoms with E-state index in [2.05, 4.69) is 10.6 Å². The molecule has 0 aliphatic carbocycles. The number of anilines is 2. The minimum atomic E-state index is -0.517. The maximum Gasteiger partial charge on any atom is 0.221 e. The van der Waals surface area contributed by atoms with Crippen molar-refractivity contribution in [1.29, 1.82) is 0 Å². The van der Waals surface area contributed by atoms with Crippen LogP contribution < -0.4 is 10.6 Å². The zero-order valence-corrected chi connectivity index (χ0v) is 10.9. The number of hydrogen-bond donors (Lipinski definition) is 2. The molecule has 0 aromatic heterocycles. The van der Waals surface area contributed by atoms with Gasteiger partial charge in [0, 0.05) is 24.7 Å². The Hall–Kier alpha value is -2.43. The van der Waals surface area contributed by atoms with Crippen LogP contribution in [0.2, 0.25) is 0 Å². The molecule has 0 unspecified atom stereocenters. The Morgan fingerprint density at radius 3 is 2.55 bits per heavy atom. The average Bonchev–Trinajstić information content (AvgIpc) is 2.40. The topological polar surface area (TPSA) is 41.1 Å². The number of benzene rings is 2. The molecular formula is C15H14F2N2O. The molecule has 1 amide bonds. The third-order valence-electron chi connectivity index (χ3n) is 2.72. The summed E-state index contributed by atoms with van der Waals surface area (Å²) in [6, 6.07) is 10.7. The van der Waals surface area contributed by atoms with Crippen LogP contribution in [-0.4, -0.2) is 5.91 Å². The van der Waals surface area contributed by atoms with Crippen LogP contribution in [0, 0.1) is 11.6 Å². The Balaban J connectivity index is 2.10. The standard InChI is InChI=1S/C15H14F2N2O/c1-10(20)19-15-8-12(6-7-14(15)17)18-9-11-4-2-3-5-13(11)16/h2-8,18H,9H2,1H3,(H,19,20). The molecule has 0 bridgehead atoms. The summed E-state index contributed by atoms with van der Waals surface area (Å²) in [7, 11) is 0. The Bertz CT molecular complexity index is 629. The van der Waals surface area contributed by atoms with Crippen LogP contribution in [0.4, 0.5) is 20.2 Å². The first-order chi connectivity index (χ1) is 9.56. The van der Waals surface area contributed by atoms with Crippen molar-refractivity contribution in [2.24, 2.45) is 0 Å². The van der Waals surface area contributed by atoms with Crippen molar-refractivity contribution in [2.75, 3.05) is 10.6 Å². The Morgan fingerprint density at radius 2 is 1.85 bits per heavy atom. The molecule has 2 aromatic rings. The van der Waals surface area contributed by atoms with Crippen molar-refractivity contribution in [3.05, 3.63) is 59.7 Å². The van der Waals surface area contributed by atoms with Gasteiger partial charge in [-0.1, -0.05) is 18.2 Å². The van der Waals surface area contributed by atoms with Gasteiger partial charge in [0.05, 0.1) is 5.69 Å². The highest BCUT2D eigenvalue weighted by molar-refractivity contribution is 5.89. The first-order valence-corrected chi connectivity index (χ1v) is 6.10. The van der Waals surface area contributed by atoms with Crippen molar-refractivity contribution in [3.63, 3.8) is 0 Å². The van der Waals surface area contributed by atoms with E-state index in [4.69, 9.17) is 0 Å². The van der Waals surface area contributed by atoms with E-state index >= 15 is 0 Å². The van der Waals surface area contributed by atoms with Crippen molar-refractivity contribution in [3.8, 4) is 0 Å². The quantitative estimate of drug-likeness (QED) is 0.896. The zero-order chi connectivity index (χ0) is 14.5. The van der Waals surface area contributed by atoms with E-state index in [0.29, 0.717) is 11.3 Å². The summed E-state index contributed by atoms with van der Waals surface area (Å²) in [5.74, 6) is -1.17. The summed E-state index contributed by atoms with van der Waals surface area (Å²) in [5, 5.41) is 5.38. The fourth-order valence-electron chi connectivity index (χ4n) is 1.76. The predicted octanol–water partition coefficient (Wildman–Crippen LogP) is 3.54.